The Morgan fingerprint density at radius 1 is 0.905 bits per heavy atom. The van der Waals surface area contributed by atoms with Crippen molar-refractivity contribution in [1.29, 1.82) is 0 Å². The maximum Gasteiger partial charge on any atom is 0.203 e. The lowest BCUT2D eigenvalue weighted by Gasteiger charge is -2.16. The SMILES string of the molecule is COc1cc(Nc2ccc(C)cc2N)cc(OC)c1OC. The van der Waals surface area contributed by atoms with Gasteiger partial charge in [0.25, 0.3) is 0 Å². The molecule has 0 radical (unpaired) electrons. The molecule has 0 atom stereocenters. The molecule has 112 valence electrons. The van der Waals surface area contributed by atoms with E-state index in [-0.39, 0.29) is 0 Å². The summed E-state index contributed by atoms with van der Waals surface area (Å²) >= 11 is 0. The van der Waals surface area contributed by atoms with Crippen molar-refractivity contribution in [3.8, 4) is 17.2 Å². The van der Waals surface area contributed by atoms with E-state index >= 15 is 0 Å². The van der Waals surface area contributed by atoms with Gasteiger partial charge in [0, 0.05) is 17.8 Å². The molecule has 0 bridgehead atoms. The van der Waals surface area contributed by atoms with E-state index in [0.717, 1.165) is 16.9 Å². The predicted octanol–water partition coefficient (Wildman–Crippen LogP) is 3.35. The molecule has 21 heavy (non-hydrogen) atoms. The van der Waals surface area contributed by atoms with Crippen molar-refractivity contribution in [3.05, 3.63) is 35.9 Å². The van der Waals surface area contributed by atoms with Crippen LogP contribution < -0.4 is 25.3 Å². The first-order chi connectivity index (χ1) is 10.1. The molecule has 2 aromatic carbocycles. The van der Waals surface area contributed by atoms with Gasteiger partial charge in [-0.05, 0) is 24.6 Å². The zero-order chi connectivity index (χ0) is 15.4. The monoisotopic (exact) mass is 288 g/mol. The number of anilines is 3. The van der Waals surface area contributed by atoms with Crippen molar-refractivity contribution in [2.75, 3.05) is 32.4 Å². The first-order valence-electron chi connectivity index (χ1n) is 6.52. The highest BCUT2D eigenvalue weighted by molar-refractivity contribution is 5.75. The van der Waals surface area contributed by atoms with Crippen LogP contribution in [0.3, 0.4) is 0 Å². The van der Waals surface area contributed by atoms with Gasteiger partial charge in [0.15, 0.2) is 11.5 Å². The van der Waals surface area contributed by atoms with E-state index in [4.69, 9.17) is 19.9 Å². The maximum atomic E-state index is 6.02. The minimum Gasteiger partial charge on any atom is -0.493 e. The predicted molar refractivity (Wildman–Crippen MR) is 85.0 cm³/mol. The number of ether oxygens (including phenoxy) is 3. The van der Waals surface area contributed by atoms with Gasteiger partial charge in [-0.15, -0.1) is 0 Å². The van der Waals surface area contributed by atoms with Crippen molar-refractivity contribution in [2.24, 2.45) is 0 Å². The summed E-state index contributed by atoms with van der Waals surface area (Å²) < 4.78 is 16.0. The van der Waals surface area contributed by atoms with E-state index in [9.17, 15) is 0 Å². The number of hydrogen-bond donors (Lipinski definition) is 2. The molecule has 0 unspecified atom stereocenters. The molecule has 0 aliphatic carbocycles. The number of methoxy groups -OCH3 is 3. The van der Waals surface area contributed by atoms with Gasteiger partial charge < -0.3 is 25.3 Å². The van der Waals surface area contributed by atoms with Gasteiger partial charge in [-0.2, -0.15) is 0 Å². The number of aryl methyl sites for hydroxylation is 1. The summed E-state index contributed by atoms with van der Waals surface area (Å²) in [6, 6.07) is 9.52. The first-order valence-corrected chi connectivity index (χ1v) is 6.52. The van der Waals surface area contributed by atoms with Crippen molar-refractivity contribution in [2.45, 2.75) is 6.92 Å². The minimum atomic E-state index is 0.558. The molecule has 0 fully saturated rings. The van der Waals surface area contributed by atoms with Crippen LogP contribution in [0, 0.1) is 6.92 Å². The number of hydrogen-bond acceptors (Lipinski definition) is 5. The Balaban J connectivity index is 2.40. The van der Waals surface area contributed by atoms with Gasteiger partial charge in [0.1, 0.15) is 0 Å². The molecule has 0 spiro atoms. The quantitative estimate of drug-likeness (QED) is 0.826. The van der Waals surface area contributed by atoms with Crippen LogP contribution in [0.1, 0.15) is 5.56 Å². The van der Waals surface area contributed by atoms with Gasteiger partial charge in [-0.1, -0.05) is 6.07 Å². The lowest BCUT2D eigenvalue weighted by Crippen LogP contribution is -2.00. The number of nitrogen functional groups attached to an aromatic ring is 1. The summed E-state index contributed by atoms with van der Waals surface area (Å²) in [5, 5.41) is 3.26. The molecule has 0 heterocycles. The summed E-state index contributed by atoms with van der Waals surface area (Å²) in [4.78, 5) is 0. The molecule has 5 nitrogen and oxygen atoms in total. The van der Waals surface area contributed by atoms with Crippen LogP contribution in [0.2, 0.25) is 0 Å². The second-order valence-corrected chi connectivity index (χ2v) is 4.63. The van der Waals surface area contributed by atoms with Crippen LogP contribution in [0.25, 0.3) is 0 Å². The Morgan fingerprint density at radius 3 is 2.00 bits per heavy atom. The van der Waals surface area contributed by atoms with Gasteiger partial charge in [0.2, 0.25) is 5.75 Å². The van der Waals surface area contributed by atoms with E-state index in [0.29, 0.717) is 22.9 Å². The van der Waals surface area contributed by atoms with E-state index in [1.165, 1.54) is 0 Å². The topological polar surface area (TPSA) is 65.7 Å². The fraction of sp³-hybridized carbons (Fsp3) is 0.250. The van der Waals surface area contributed by atoms with Crippen LogP contribution in [0.4, 0.5) is 17.1 Å². The van der Waals surface area contributed by atoms with Crippen molar-refractivity contribution in [3.63, 3.8) is 0 Å². The molecule has 0 saturated carbocycles. The van der Waals surface area contributed by atoms with Gasteiger partial charge in [0.05, 0.1) is 32.7 Å². The van der Waals surface area contributed by atoms with Crippen molar-refractivity contribution < 1.29 is 14.2 Å². The molecule has 0 aliphatic rings. The third-order valence-corrected chi connectivity index (χ3v) is 3.15. The lowest BCUT2D eigenvalue weighted by atomic mass is 10.2. The molecular formula is C16H20N2O3. The Kier molecular flexibility index (Phi) is 4.42. The third-order valence-electron chi connectivity index (χ3n) is 3.15. The number of nitrogens with one attached hydrogen (secondary N) is 1. The van der Waals surface area contributed by atoms with Crippen LogP contribution in [-0.4, -0.2) is 21.3 Å². The van der Waals surface area contributed by atoms with Gasteiger partial charge in [-0.3, -0.25) is 0 Å². The van der Waals surface area contributed by atoms with Crippen LogP contribution >= 0.6 is 0 Å². The number of nitrogens with two attached hydrogens (primary N) is 1. The maximum absolute atomic E-state index is 6.02. The second kappa shape index (κ2) is 6.26. The normalized spacial score (nSPS) is 10.1. The molecule has 2 rings (SSSR count). The minimum absolute atomic E-state index is 0.558. The van der Waals surface area contributed by atoms with E-state index in [1.807, 2.05) is 37.3 Å². The zero-order valence-electron chi connectivity index (χ0n) is 12.7. The summed E-state index contributed by atoms with van der Waals surface area (Å²) in [6.45, 7) is 2.00. The highest BCUT2D eigenvalue weighted by Crippen LogP contribution is 2.41. The molecule has 0 aliphatic heterocycles. The average Bonchev–Trinajstić information content (AvgIpc) is 2.49. The Hall–Kier alpha value is -2.56. The smallest absolute Gasteiger partial charge is 0.203 e. The molecule has 0 amide bonds. The summed E-state index contributed by atoms with van der Waals surface area (Å²) in [5.74, 6) is 1.73. The van der Waals surface area contributed by atoms with Crippen LogP contribution in [0.5, 0.6) is 17.2 Å². The first kappa shape index (κ1) is 14.8. The summed E-state index contributed by atoms with van der Waals surface area (Å²) in [5.41, 5.74) is 9.45. The van der Waals surface area contributed by atoms with E-state index < -0.39 is 0 Å². The standard InChI is InChI=1S/C16H20N2O3/c1-10-5-6-13(12(17)7-10)18-11-8-14(19-2)16(21-4)15(9-11)20-3/h5-9,18H,17H2,1-4H3. The third kappa shape index (κ3) is 3.13. The van der Waals surface area contributed by atoms with Gasteiger partial charge in [-0.25, -0.2) is 0 Å². The highest BCUT2D eigenvalue weighted by atomic mass is 16.5. The summed E-state index contributed by atoms with van der Waals surface area (Å²) in [6.07, 6.45) is 0. The fourth-order valence-corrected chi connectivity index (χ4v) is 2.10. The molecule has 0 aromatic heterocycles. The Labute approximate surface area is 124 Å². The number of rotatable bonds is 5. The van der Waals surface area contributed by atoms with Crippen molar-refractivity contribution >= 4 is 17.1 Å². The van der Waals surface area contributed by atoms with Crippen LogP contribution in [0.15, 0.2) is 30.3 Å². The largest absolute Gasteiger partial charge is 0.493 e. The highest BCUT2D eigenvalue weighted by Gasteiger charge is 2.13. The molecular weight excluding hydrogens is 268 g/mol. The Morgan fingerprint density at radius 2 is 1.52 bits per heavy atom. The zero-order valence-corrected chi connectivity index (χ0v) is 12.7. The number of benzene rings is 2. The van der Waals surface area contributed by atoms with Crippen molar-refractivity contribution in [1.82, 2.24) is 0 Å². The Bertz CT molecular complexity index is 616. The lowest BCUT2D eigenvalue weighted by molar-refractivity contribution is 0.324. The average molecular weight is 288 g/mol. The van der Waals surface area contributed by atoms with Gasteiger partial charge >= 0.3 is 0 Å². The second-order valence-electron chi connectivity index (χ2n) is 4.63. The molecule has 3 N–H and O–H groups in total. The fourth-order valence-electron chi connectivity index (χ4n) is 2.10. The van der Waals surface area contributed by atoms with E-state index in [1.54, 1.807) is 21.3 Å². The molecule has 2 aromatic rings. The molecule has 5 heteroatoms. The van der Waals surface area contributed by atoms with Crippen LogP contribution in [-0.2, 0) is 0 Å². The molecule has 0 saturated heterocycles. The van der Waals surface area contributed by atoms with E-state index in [2.05, 4.69) is 5.32 Å². The summed E-state index contributed by atoms with van der Waals surface area (Å²) in [7, 11) is 4.74.